The van der Waals surface area contributed by atoms with Gasteiger partial charge in [0.15, 0.2) is 0 Å². The van der Waals surface area contributed by atoms with E-state index in [4.69, 9.17) is 19.3 Å². The summed E-state index contributed by atoms with van der Waals surface area (Å²) in [5, 5.41) is 48.8. The van der Waals surface area contributed by atoms with Crippen molar-refractivity contribution in [3.8, 4) is 17.2 Å². The molecule has 31 heavy (non-hydrogen) atoms. The molecule has 11 heteroatoms. The fourth-order valence-corrected chi connectivity index (χ4v) is 3.99. The number of carbonyl (C=O) groups excluding carboxylic acids is 2. The summed E-state index contributed by atoms with van der Waals surface area (Å²) >= 11 is 0. The first kappa shape index (κ1) is 21.2. The molecule has 2 aliphatic heterocycles. The highest BCUT2D eigenvalue weighted by Crippen LogP contribution is 2.54. The smallest absolute Gasteiger partial charge is 0.303 e. The minimum Gasteiger partial charge on any atom is -0.508 e. The molecule has 5 atom stereocenters. The summed E-state index contributed by atoms with van der Waals surface area (Å²) in [4.78, 5) is 35.4. The Hall–Kier alpha value is -2.99. The number of phenolic OH excluding ortho intramolecular Hbond substituents is 1. The van der Waals surface area contributed by atoms with Crippen LogP contribution in [0.1, 0.15) is 24.8 Å². The number of Topliss-reactive ketones (excluding diaryl/α,β-unsaturated/α-hetero) is 1. The number of hydrogen-bond donors (Lipinski definition) is 5. The molecule has 1 saturated heterocycles. The zero-order valence-corrected chi connectivity index (χ0v) is 16.1. The number of hydrogen-bond acceptors (Lipinski definition) is 10. The van der Waals surface area contributed by atoms with Crippen molar-refractivity contribution < 1.29 is 54.1 Å². The highest BCUT2D eigenvalue weighted by molar-refractivity contribution is 6.44. The van der Waals surface area contributed by atoms with Gasteiger partial charge >= 0.3 is 5.97 Å². The van der Waals surface area contributed by atoms with Gasteiger partial charge in [-0.2, -0.15) is 0 Å². The number of fused-ring (bicyclic) bond motifs is 3. The van der Waals surface area contributed by atoms with E-state index in [1.54, 1.807) is 0 Å². The van der Waals surface area contributed by atoms with Crippen molar-refractivity contribution in [3.63, 3.8) is 0 Å². The van der Waals surface area contributed by atoms with Gasteiger partial charge in [0.05, 0.1) is 18.6 Å². The number of rotatable bonds is 5. The average Bonchev–Trinajstić information content (AvgIpc) is 3.00. The molecule has 11 nitrogen and oxygen atoms in total. The normalized spacial score (nSPS) is 32.0. The van der Waals surface area contributed by atoms with Crippen molar-refractivity contribution >= 4 is 23.1 Å². The van der Waals surface area contributed by atoms with Gasteiger partial charge in [0.1, 0.15) is 41.2 Å². The first-order valence-electron chi connectivity index (χ1n) is 9.51. The minimum absolute atomic E-state index is 0.0556. The number of benzene rings is 1. The first-order chi connectivity index (χ1) is 14.6. The second-order valence-corrected chi connectivity index (χ2v) is 7.70. The summed E-state index contributed by atoms with van der Waals surface area (Å²) < 4.78 is 16.8. The molecule has 1 fully saturated rings. The maximum Gasteiger partial charge on any atom is 0.303 e. The molecule has 5 N–H and O–H groups in total. The fraction of sp³-hybridized carbons (Fsp3) is 0.450. The number of aromatic hydroxyl groups is 1. The van der Waals surface area contributed by atoms with E-state index in [-0.39, 0.29) is 54.3 Å². The number of carboxylic acids is 1. The SMILES string of the molecule is O=C(O)CCC12CC(=O)C(=O)C=C1c1c(O[C@@H]3OC[C@@H](O)[C@H](O)[C@H]3O)cc(O)cc1O2. The third-order valence-corrected chi connectivity index (χ3v) is 5.55. The van der Waals surface area contributed by atoms with Gasteiger partial charge in [-0.1, -0.05) is 0 Å². The first-order valence-corrected chi connectivity index (χ1v) is 9.51. The van der Waals surface area contributed by atoms with E-state index < -0.39 is 47.7 Å². The molecule has 4 rings (SSSR count). The fourth-order valence-electron chi connectivity index (χ4n) is 3.99. The van der Waals surface area contributed by atoms with Gasteiger partial charge < -0.3 is 39.7 Å². The van der Waals surface area contributed by atoms with Crippen LogP contribution in [0.4, 0.5) is 0 Å². The molecule has 166 valence electrons. The predicted octanol–water partition coefficient (Wildman–Crippen LogP) is -0.869. The molecule has 0 aromatic heterocycles. The summed E-state index contributed by atoms with van der Waals surface area (Å²) in [5.41, 5.74) is -1.02. The Labute approximate surface area is 175 Å². The third kappa shape index (κ3) is 3.65. The van der Waals surface area contributed by atoms with Crippen molar-refractivity contribution in [2.75, 3.05) is 6.61 Å². The number of ketones is 2. The van der Waals surface area contributed by atoms with E-state index in [0.29, 0.717) is 0 Å². The monoisotopic (exact) mass is 436 g/mol. The van der Waals surface area contributed by atoms with E-state index in [9.17, 15) is 34.8 Å². The Balaban J connectivity index is 1.75. The van der Waals surface area contributed by atoms with Gasteiger partial charge in [-0.25, -0.2) is 0 Å². The van der Waals surface area contributed by atoms with E-state index in [1.807, 2.05) is 0 Å². The average molecular weight is 436 g/mol. The number of phenols is 1. The van der Waals surface area contributed by atoms with Crippen molar-refractivity contribution in [3.05, 3.63) is 23.8 Å². The van der Waals surface area contributed by atoms with Gasteiger partial charge in [-0.15, -0.1) is 0 Å². The van der Waals surface area contributed by atoms with Crippen LogP contribution in [0, 0.1) is 0 Å². The molecule has 0 bridgehead atoms. The van der Waals surface area contributed by atoms with Crippen LogP contribution in [-0.4, -0.2) is 79.9 Å². The second-order valence-electron chi connectivity index (χ2n) is 7.70. The van der Waals surface area contributed by atoms with Gasteiger partial charge in [-0.3, -0.25) is 14.4 Å². The van der Waals surface area contributed by atoms with Gasteiger partial charge in [0, 0.05) is 30.5 Å². The molecule has 2 heterocycles. The number of allylic oxidation sites excluding steroid dienone is 1. The lowest BCUT2D eigenvalue weighted by Crippen LogP contribution is -2.54. The maximum absolute atomic E-state index is 12.1. The van der Waals surface area contributed by atoms with Crippen molar-refractivity contribution in [2.24, 2.45) is 0 Å². The molecule has 0 radical (unpaired) electrons. The van der Waals surface area contributed by atoms with Crippen LogP contribution in [0.2, 0.25) is 0 Å². The highest BCUT2D eigenvalue weighted by Gasteiger charge is 2.51. The van der Waals surface area contributed by atoms with Crippen LogP contribution in [0.25, 0.3) is 5.57 Å². The molecule has 1 aliphatic carbocycles. The number of aliphatic carboxylic acids is 1. The largest absolute Gasteiger partial charge is 0.508 e. The summed E-state index contributed by atoms with van der Waals surface area (Å²) in [6, 6.07) is 2.40. The number of aliphatic hydroxyl groups is 3. The Morgan fingerprint density at radius 3 is 2.65 bits per heavy atom. The molecular formula is C20H20O11. The summed E-state index contributed by atoms with van der Waals surface area (Å²) in [7, 11) is 0. The summed E-state index contributed by atoms with van der Waals surface area (Å²) in [5.74, 6) is -2.97. The Morgan fingerprint density at radius 1 is 1.19 bits per heavy atom. The number of carbonyl (C=O) groups is 3. The van der Waals surface area contributed by atoms with Crippen molar-refractivity contribution in [1.29, 1.82) is 0 Å². The zero-order chi connectivity index (χ0) is 22.5. The van der Waals surface area contributed by atoms with Crippen molar-refractivity contribution in [2.45, 2.75) is 49.5 Å². The molecular weight excluding hydrogens is 416 g/mol. The quantitative estimate of drug-likeness (QED) is 0.362. The lowest BCUT2D eigenvalue weighted by molar-refractivity contribution is -0.242. The number of aliphatic hydroxyl groups excluding tert-OH is 3. The summed E-state index contributed by atoms with van der Waals surface area (Å²) in [6.07, 6.45) is -5.68. The molecule has 1 unspecified atom stereocenters. The maximum atomic E-state index is 12.1. The van der Waals surface area contributed by atoms with E-state index in [2.05, 4.69) is 0 Å². The summed E-state index contributed by atoms with van der Waals surface area (Å²) in [6.45, 7) is -0.321. The van der Waals surface area contributed by atoms with Gasteiger partial charge in [-0.05, 0) is 6.08 Å². The standard InChI is InChI=1S/C20H20O11/c21-8-3-13(30-19-18(28)17(27)12(24)7-29-19)16-9-5-10(22)11(23)6-20(9,2-1-15(25)26)31-14(16)4-8/h3-5,12,17-19,21,24,27-28H,1-2,6-7H2,(H,25,26)/t12-,17+,18-,19+,20?/m1/s1. The van der Waals surface area contributed by atoms with Crippen molar-refractivity contribution in [1.82, 2.24) is 0 Å². The second kappa shape index (κ2) is 7.61. The molecule has 1 aromatic carbocycles. The Bertz CT molecular complexity index is 984. The van der Waals surface area contributed by atoms with Crippen LogP contribution < -0.4 is 9.47 Å². The van der Waals surface area contributed by atoms with E-state index in [1.165, 1.54) is 12.1 Å². The van der Waals surface area contributed by atoms with Crippen LogP contribution >= 0.6 is 0 Å². The third-order valence-electron chi connectivity index (χ3n) is 5.55. The van der Waals surface area contributed by atoms with Crippen LogP contribution in [0.15, 0.2) is 18.2 Å². The van der Waals surface area contributed by atoms with E-state index in [0.717, 1.165) is 6.08 Å². The van der Waals surface area contributed by atoms with Crippen LogP contribution in [0.5, 0.6) is 17.2 Å². The lowest BCUT2D eigenvalue weighted by atomic mass is 9.77. The van der Waals surface area contributed by atoms with Crippen LogP contribution in [0.3, 0.4) is 0 Å². The van der Waals surface area contributed by atoms with Gasteiger partial charge in [0.2, 0.25) is 17.9 Å². The number of carboxylic acid groups (broad SMARTS) is 1. The van der Waals surface area contributed by atoms with E-state index >= 15 is 0 Å². The molecule has 3 aliphatic rings. The van der Waals surface area contributed by atoms with Gasteiger partial charge in [0.25, 0.3) is 0 Å². The topological polar surface area (TPSA) is 180 Å². The number of ether oxygens (including phenoxy) is 3. The lowest BCUT2D eigenvalue weighted by Gasteiger charge is -2.35. The molecule has 0 spiro atoms. The predicted molar refractivity (Wildman–Crippen MR) is 99.3 cm³/mol. The highest BCUT2D eigenvalue weighted by atomic mass is 16.7. The Kier molecular flexibility index (Phi) is 5.21. The Morgan fingerprint density at radius 2 is 1.94 bits per heavy atom. The zero-order valence-electron chi connectivity index (χ0n) is 16.1. The molecule has 0 amide bonds. The van der Waals surface area contributed by atoms with Crippen LogP contribution in [-0.2, 0) is 19.1 Å². The molecule has 1 aromatic rings. The molecule has 0 saturated carbocycles. The minimum atomic E-state index is -1.62.